The summed E-state index contributed by atoms with van der Waals surface area (Å²) in [6.07, 6.45) is -4.44. The highest BCUT2D eigenvalue weighted by Gasteiger charge is 2.31. The van der Waals surface area contributed by atoms with Crippen molar-refractivity contribution in [2.45, 2.75) is 11.1 Å². The highest BCUT2D eigenvalue weighted by atomic mass is 79.9. The molecule has 15 heavy (non-hydrogen) atoms. The van der Waals surface area contributed by atoms with Gasteiger partial charge in [-0.25, -0.2) is 0 Å². The molecule has 0 aliphatic carbocycles. The van der Waals surface area contributed by atoms with E-state index < -0.39 is 22.7 Å². The minimum Gasteiger partial charge on any atom is -0.399 e. The van der Waals surface area contributed by atoms with E-state index in [1.54, 1.807) is 0 Å². The number of hydrogen-bond donors (Lipinski definition) is 1. The summed E-state index contributed by atoms with van der Waals surface area (Å²) >= 11 is 3.01. The van der Waals surface area contributed by atoms with E-state index in [9.17, 15) is 17.4 Å². The Morgan fingerprint density at radius 3 is 2.47 bits per heavy atom. The normalized spacial score (nSPS) is 13.9. The highest BCUT2D eigenvalue weighted by molar-refractivity contribution is 9.10. The maximum atomic E-state index is 12.0. The molecule has 1 atom stereocenters. The summed E-state index contributed by atoms with van der Waals surface area (Å²) in [7, 11) is -2.10. The van der Waals surface area contributed by atoms with Gasteiger partial charge in [0.05, 0.1) is 15.7 Å². The molecule has 0 radical (unpaired) electrons. The third-order valence-corrected chi connectivity index (χ3v) is 3.85. The fourth-order valence-corrected chi connectivity index (χ4v) is 2.82. The van der Waals surface area contributed by atoms with Crippen LogP contribution in [0, 0.1) is 0 Å². The second-order valence-corrected chi connectivity index (χ2v) is 5.07. The summed E-state index contributed by atoms with van der Waals surface area (Å²) < 4.78 is 47.5. The molecule has 0 aromatic heterocycles. The largest absolute Gasteiger partial charge is 0.400 e. The molecule has 0 spiro atoms. The number of anilines is 1. The van der Waals surface area contributed by atoms with Crippen LogP contribution < -0.4 is 5.73 Å². The van der Waals surface area contributed by atoms with E-state index in [0.29, 0.717) is 10.2 Å². The SMILES string of the molecule is Nc1ccc(S(=O)CC(F)(F)F)c(Br)c1. The molecular weight excluding hydrogens is 295 g/mol. The molecule has 2 N–H and O–H groups in total. The zero-order chi connectivity index (χ0) is 11.6. The molecule has 0 saturated carbocycles. The van der Waals surface area contributed by atoms with Gasteiger partial charge >= 0.3 is 6.18 Å². The van der Waals surface area contributed by atoms with Crippen molar-refractivity contribution >= 4 is 32.4 Å². The summed E-state index contributed by atoms with van der Waals surface area (Å²) in [4.78, 5) is 0.0986. The molecule has 1 aromatic carbocycles. The minimum atomic E-state index is -4.44. The number of benzene rings is 1. The Kier molecular flexibility index (Phi) is 3.77. The molecule has 0 bridgehead atoms. The molecule has 1 unspecified atom stereocenters. The van der Waals surface area contributed by atoms with Gasteiger partial charge in [0.25, 0.3) is 0 Å². The van der Waals surface area contributed by atoms with Crippen LogP contribution in [-0.2, 0) is 10.8 Å². The molecule has 7 heteroatoms. The second kappa shape index (κ2) is 4.52. The topological polar surface area (TPSA) is 43.1 Å². The second-order valence-electron chi connectivity index (χ2n) is 2.79. The maximum Gasteiger partial charge on any atom is 0.400 e. The predicted octanol–water partition coefficient (Wildman–Crippen LogP) is 2.70. The zero-order valence-electron chi connectivity index (χ0n) is 7.34. The van der Waals surface area contributed by atoms with Gasteiger partial charge in [0.15, 0.2) is 0 Å². The van der Waals surface area contributed by atoms with Crippen LogP contribution in [0.1, 0.15) is 0 Å². The summed E-state index contributed by atoms with van der Waals surface area (Å²) in [5.74, 6) is -1.35. The van der Waals surface area contributed by atoms with Gasteiger partial charge in [-0.05, 0) is 34.1 Å². The minimum absolute atomic E-state index is 0.0986. The average molecular weight is 302 g/mol. The Morgan fingerprint density at radius 2 is 2.00 bits per heavy atom. The summed E-state index contributed by atoms with van der Waals surface area (Å²) in [5, 5.41) is 0. The van der Waals surface area contributed by atoms with E-state index in [2.05, 4.69) is 15.9 Å². The fraction of sp³-hybridized carbons (Fsp3) is 0.250. The highest BCUT2D eigenvalue weighted by Crippen LogP contribution is 2.26. The van der Waals surface area contributed by atoms with Crippen LogP contribution in [0.15, 0.2) is 27.6 Å². The van der Waals surface area contributed by atoms with E-state index in [0.717, 1.165) is 0 Å². The smallest absolute Gasteiger partial charge is 0.399 e. The van der Waals surface area contributed by atoms with Gasteiger partial charge in [0, 0.05) is 10.2 Å². The van der Waals surface area contributed by atoms with Crippen molar-refractivity contribution in [1.82, 2.24) is 0 Å². The lowest BCUT2D eigenvalue weighted by Crippen LogP contribution is -2.18. The number of nitrogens with two attached hydrogens (primary N) is 1. The molecule has 0 heterocycles. The quantitative estimate of drug-likeness (QED) is 0.854. The van der Waals surface area contributed by atoms with Gasteiger partial charge in [-0.15, -0.1) is 0 Å². The summed E-state index contributed by atoms with van der Waals surface area (Å²) in [6, 6.07) is 4.15. The van der Waals surface area contributed by atoms with Gasteiger partial charge in [0.1, 0.15) is 5.75 Å². The molecule has 1 aromatic rings. The van der Waals surface area contributed by atoms with Crippen molar-refractivity contribution in [3.8, 4) is 0 Å². The van der Waals surface area contributed by atoms with Gasteiger partial charge in [-0.1, -0.05) is 0 Å². The molecule has 2 nitrogen and oxygen atoms in total. The third kappa shape index (κ3) is 3.83. The number of rotatable bonds is 2. The Balaban J connectivity index is 2.92. The van der Waals surface area contributed by atoms with Crippen LogP contribution in [0.25, 0.3) is 0 Å². The van der Waals surface area contributed by atoms with Crippen molar-refractivity contribution in [1.29, 1.82) is 0 Å². The standard InChI is InChI=1S/C8H7BrF3NOS/c9-6-3-5(13)1-2-7(6)15(14)4-8(10,11)12/h1-3H,4,13H2. The van der Waals surface area contributed by atoms with Crippen LogP contribution >= 0.6 is 15.9 Å². The maximum absolute atomic E-state index is 12.0. The first-order valence-electron chi connectivity index (χ1n) is 3.80. The number of alkyl halides is 3. The molecular formula is C8H7BrF3NOS. The molecule has 0 aliphatic rings. The van der Waals surface area contributed by atoms with Crippen molar-refractivity contribution in [3.05, 3.63) is 22.7 Å². The summed E-state index contributed by atoms with van der Waals surface area (Å²) in [6.45, 7) is 0. The molecule has 0 fully saturated rings. The molecule has 84 valence electrons. The van der Waals surface area contributed by atoms with Crippen molar-refractivity contribution in [3.63, 3.8) is 0 Å². The lowest BCUT2D eigenvalue weighted by Gasteiger charge is -2.08. The molecule has 0 amide bonds. The monoisotopic (exact) mass is 301 g/mol. The van der Waals surface area contributed by atoms with E-state index in [4.69, 9.17) is 5.73 Å². The first kappa shape index (κ1) is 12.5. The van der Waals surface area contributed by atoms with Crippen molar-refractivity contribution < 1.29 is 17.4 Å². The number of nitrogen functional groups attached to an aromatic ring is 1. The Labute approximate surface area is 95.2 Å². The summed E-state index contributed by atoms with van der Waals surface area (Å²) in [5.41, 5.74) is 5.80. The van der Waals surface area contributed by atoms with Gasteiger partial charge < -0.3 is 5.73 Å². The predicted molar refractivity (Wildman–Crippen MR) is 55.9 cm³/mol. The van der Waals surface area contributed by atoms with Crippen molar-refractivity contribution in [2.24, 2.45) is 0 Å². The molecule has 0 aliphatic heterocycles. The van der Waals surface area contributed by atoms with E-state index in [1.165, 1.54) is 18.2 Å². The van der Waals surface area contributed by atoms with Gasteiger partial charge in [-0.2, -0.15) is 13.2 Å². The number of halogens is 4. The average Bonchev–Trinajstić information content (AvgIpc) is 1.99. The van der Waals surface area contributed by atoms with Gasteiger partial charge in [-0.3, -0.25) is 4.21 Å². The zero-order valence-corrected chi connectivity index (χ0v) is 9.75. The Hall–Kier alpha value is -0.560. The van der Waals surface area contributed by atoms with E-state index in [1.807, 2.05) is 0 Å². The van der Waals surface area contributed by atoms with Crippen LogP contribution in [0.3, 0.4) is 0 Å². The van der Waals surface area contributed by atoms with E-state index >= 15 is 0 Å². The Bertz CT molecular complexity index is 394. The first-order chi connectivity index (χ1) is 6.79. The van der Waals surface area contributed by atoms with Crippen LogP contribution in [-0.4, -0.2) is 16.1 Å². The van der Waals surface area contributed by atoms with Crippen LogP contribution in [0.4, 0.5) is 18.9 Å². The van der Waals surface area contributed by atoms with Crippen molar-refractivity contribution in [2.75, 3.05) is 11.5 Å². The molecule has 1 rings (SSSR count). The Morgan fingerprint density at radius 1 is 1.40 bits per heavy atom. The van der Waals surface area contributed by atoms with Crippen LogP contribution in [0.2, 0.25) is 0 Å². The third-order valence-electron chi connectivity index (χ3n) is 1.50. The fourth-order valence-electron chi connectivity index (χ4n) is 0.928. The lowest BCUT2D eigenvalue weighted by molar-refractivity contribution is -0.105. The first-order valence-corrected chi connectivity index (χ1v) is 5.91. The molecule has 0 saturated heterocycles. The van der Waals surface area contributed by atoms with Gasteiger partial charge in [0.2, 0.25) is 0 Å². The number of hydrogen-bond acceptors (Lipinski definition) is 2. The van der Waals surface area contributed by atoms with E-state index in [-0.39, 0.29) is 4.90 Å². The van der Waals surface area contributed by atoms with Crippen LogP contribution in [0.5, 0.6) is 0 Å². The lowest BCUT2D eigenvalue weighted by atomic mass is 10.3.